The summed E-state index contributed by atoms with van der Waals surface area (Å²) in [5, 5.41) is 10.4. The Morgan fingerprint density at radius 1 is 1.00 bits per heavy atom. The molecule has 26 heavy (non-hydrogen) atoms. The third-order valence-corrected chi connectivity index (χ3v) is 9.61. The van der Waals surface area contributed by atoms with Crippen LogP contribution in [0.3, 0.4) is 0 Å². The fourth-order valence-corrected chi connectivity index (χ4v) is 8.39. The molecule has 4 fully saturated rings. The van der Waals surface area contributed by atoms with Crippen molar-refractivity contribution in [2.45, 2.75) is 97.7 Å². The maximum atomic E-state index is 11.4. The van der Waals surface area contributed by atoms with Crippen LogP contribution < -0.4 is 0 Å². The Morgan fingerprint density at radius 3 is 2.38 bits per heavy atom. The zero-order chi connectivity index (χ0) is 18.7. The molecule has 0 aromatic carbocycles. The predicted octanol–water partition coefficient (Wildman–Crippen LogP) is 4.96. The highest BCUT2D eigenvalue weighted by atomic mass is 16.5. The maximum Gasteiger partial charge on any atom is 0.302 e. The highest BCUT2D eigenvalue weighted by Gasteiger charge is 2.60. The number of aliphatic hydroxyl groups is 1. The number of carbonyl (C=O) groups is 1. The van der Waals surface area contributed by atoms with Gasteiger partial charge in [0.1, 0.15) is 6.10 Å². The first-order chi connectivity index (χ1) is 12.3. The first kappa shape index (κ1) is 18.8. The van der Waals surface area contributed by atoms with Gasteiger partial charge in [-0.1, -0.05) is 13.8 Å². The van der Waals surface area contributed by atoms with Gasteiger partial charge in [0.25, 0.3) is 0 Å². The van der Waals surface area contributed by atoms with Crippen LogP contribution in [-0.2, 0) is 9.53 Å². The number of ether oxygens (including phenoxy) is 1. The smallest absolute Gasteiger partial charge is 0.302 e. The van der Waals surface area contributed by atoms with E-state index >= 15 is 0 Å². The van der Waals surface area contributed by atoms with Gasteiger partial charge < -0.3 is 9.84 Å². The maximum absolute atomic E-state index is 11.4. The number of rotatable bonds is 2. The number of hydrogen-bond acceptors (Lipinski definition) is 3. The van der Waals surface area contributed by atoms with Crippen molar-refractivity contribution in [3.05, 3.63) is 0 Å². The minimum absolute atomic E-state index is 0.115. The number of fused-ring (bicyclic) bond motifs is 5. The van der Waals surface area contributed by atoms with Crippen molar-refractivity contribution in [3.8, 4) is 0 Å². The number of aliphatic hydroxyl groups excluding tert-OH is 1. The van der Waals surface area contributed by atoms with Crippen LogP contribution in [0.4, 0.5) is 0 Å². The summed E-state index contributed by atoms with van der Waals surface area (Å²) in [6.07, 6.45) is 11.2. The molecule has 4 aliphatic rings. The summed E-state index contributed by atoms with van der Waals surface area (Å²) in [4.78, 5) is 11.4. The largest absolute Gasteiger partial charge is 0.463 e. The first-order valence-corrected chi connectivity index (χ1v) is 11.1. The van der Waals surface area contributed by atoms with Gasteiger partial charge in [0.15, 0.2) is 0 Å². The second-order valence-electron chi connectivity index (χ2n) is 10.6. The average Bonchev–Trinajstić information content (AvgIpc) is 2.92. The quantitative estimate of drug-likeness (QED) is 0.706. The normalized spacial score (nSPS) is 51.7. The molecule has 0 unspecified atom stereocenters. The van der Waals surface area contributed by atoms with Gasteiger partial charge in [0.05, 0.1) is 6.10 Å². The van der Waals surface area contributed by atoms with Gasteiger partial charge >= 0.3 is 5.97 Å². The minimum atomic E-state index is -0.160. The topological polar surface area (TPSA) is 46.5 Å². The molecule has 1 N–H and O–H groups in total. The Hall–Kier alpha value is -0.570. The van der Waals surface area contributed by atoms with Crippen LogP contribution in [0.25, 0.3) is 0 Å². The van der Waals surface area contributed by atoms with Gasteiger partial charge in [0, 0.05) is 6.92 Å². The molecule has 4 rings (SSSR count). The van der Waals surface area contributed by atoms with Crippen molar-refractivity contribution in [2.75, 3.05) is 0 Å². The van der Waals surface area contributed by atoms with Crippen molar-refractivity contribution in [3.63, 3.8) is 0 Å². The Bertz CT molecular complexity index is 558. The number of hydrogen-bond donors (Lipinski definition) is 1. The molecule has 3 nitrogen and oxygen atoms in total. The molecule has 4 saturated carbocycles. The molecule has 0 aromatic rings. The van der Waals surface area contributed by atoms with Crippen LogP contribution >= 0.6 is 0 Å². The molecule has 148 valence electrons. The molecule has 4 aliphatic carbocycles. The third kappa shape index (κ3) is 2.75. The molecular formula is C23H38O3. The fraction of sp³-hybridized carbons (Fsp3) is 0.957. The van der Waals surface area contributed by atoms with Gasteiger partial charge in [-0.05, 0) is 105 Å². The summed E-state index contributed by atoms with van der Waals surface area (Å²) in [6, 6.07) is 0. The highest BCUT2D eigenvalue weighted by Crippen LogP contribution is 2.67. The lowest BCUT2D eigenvalue weighted by molar-refractivity contribution is -0.161. The Balaban J connectivity index is 1.53. The van der Waals surface area contributed by atoms with Crippen molar-refractivity contribution in [2.24, 2.45) is 40.4 Å². The van der Waals surface area contributed by atoms with Crippen LogP contribution in [0.2, 0.25) is 0 Å². The first-order valence-electron chi connectivity index (χ1n) is 11.1. The second kappa shape index (κ2) is 6.50. The summed E-state index contributed by atoms with van der Waals surface area (Å²) in [5.41, 5.74) is 0.789. The molecule has 0 amide bonds. The second-order valence-corrected chi connectivity index (χ2v) is 10.6. The Labute approximate surface area is 159 Å². The lowest BCUT2D eigenvalue weighted by Crippen LogP contribution is -2.54. The van der Waals surface area contributed by atoms with E-state index in [-0.39, 0.29) is 18.2 Å². The van der Waals surface area contributed by atoms with Crippen LogP contribution in [0.1, 0.15) is 85.5 Å². The van der Waals surface area contributed by atoms with Crippen molar-refractivity contribution in [1.82, 2.24) is 0 Å². The molecule has 0 spiro atoms. The molecule has 0 aromatic heterocycles. The molecule has 0 radical (unpaired) electrons. The summed E-state index contributed by atoms with van der Waals surface area (Å²) in [5.74, 6) is 3.61. The molecule has 0 saturated heterocycles. The van der Waals surface area contributed by atoms with Crippen LogP contribution in [-0.4, -0.2) is 23.3 Å². The average molecular weight is 363 g/mol. The minimum Gasteiger partial charge on any atom is -0.463 e. The zero-order valence-electron chi connectivity index (χ0n) is 17.2. The Kier molecular flexibility index (Phi) is 4.69. The van der Waals surface area contributed by atoms with E-state index in [0.717, 1.165) is 36.5 Å². The van der Waals surface area contributed by atoms with Gasteiger partial charge in [-0.15, -0.1) is 0 Å². The van der Waals surface area contributed by atoms with Crippen LogP contribution in [0.5, 0.6) is 0 Å². The highest BCUT2D eigenvalue weighted by molar-refractivity contribution is 5.66. The fourth-order valence-electron chi connectivity index (χ4n) is 8.39. The molecule has 0 heterocycles. The van der Waals surface area contributed by atoms with Crippen molar-refractivity contribution < 1.29 is 14.6 Å². The van der Waals surface area contributed by atoms with E-state index in [0.29, 0.717) is 16.7 Å². The molecule has 0 aliphatic heterocycles. The number of carbonyl (C=O) groups excluding carboxylic acids is 1. The van der Waals surface area contributed by atoms with Gasteiger partial charge in [0.2, 0.25) is 0 Å². The number of esters is 1. The summed E-state index contributed by atoms with van der Waals surface area (Å²) < 4.78 is 5.58. The Morgan fingerprint density at radius 2 is 1.69 bits per heavy atom. The molecular weight excluding hydrogens is 324 g/mol. The van der Waals surface area contributed by atoms with E-state index in [2.05, 4.69) is 13.8 Å². The van der Waals surface area contributed by atoms with E-state index in [1.54, 1.807) is 6.92 Å². The van der Waals surface area contributed by atoms with E-state index in [1.165, 1.54) is 44.9 Å². The van der Waals surface area contributed by atoms with E-state index in [4.69, 9.17) is 4.74 Å². The van der Waals surface area contributed by atoms with Crippen LogP contribution in [0.15, 0.2) is 0 Å². The summed E-state index contributed by atoms with van der Waals surface area (Å²) in [7, 11) is 0. The monoisotopic (exact) mass is 362 g/mol. The van der Waals surface area contributed by atoms with E-state index < -0.39 is 0 Å². The van der Waals surface area contributed by atoms with Crippen molar-refractivity contribution >= 4 is 5.97 Å². The van der Waals surface area contributed by atoms with Gasteiger partial charge in [-0.25, -0.2) is 0 Å². The van der Waals surface area contributed by atoms with Crippen LogP contribution in [0, 0.1) is 40.4 Å². The molecule has 3 heteroatoms. The molecule has 9 atom stereocenters. The van der Waals surface area contributed by atoms with E-state index in [1.807, 2.05) is 6.92 Å². The summed E-state index contributed by atoms with van der Waals surface area (Å²) >= 11 is 0. The lowest BCUT2D eigenvalue weighted by Gasteiger charge is -2.61. The molecule has 0 bridgehead atoms. The summed E-state index contributed by atoms with van der Waals surface area (Å²) in [6.45, 7) is 8.61. The van der Waals surface area contributed by atoms with Gasteiger partial charge in [-0.3, -0.25) is 4.79 Å². The predicted molar refractivity (Wildman–Crippen MR) is 102 cm³/mol. The van der Waals surface area contributed by atoms with Gasteiger partial charge in [-0.2, -0.15) is 0 Å². The van der Waals surface area contributed by atoms with E-state index in [9.17, 15) is 9.90 Å². The third-order valence-electron chi connectivity index (χ3n) is 9.61. The SMILES string of the molecule is CC(=O)O[C@@H]1CC[C@@]2(C)[C@@H](CC[C@H]3[C@H]2CC[C@@]2(C)[C@H]3CC[C@H]2[C@H](C)O)C1. The zero-order valence-corrected chi connectivity index (χ0v) is 17.2. The van der Waals surface area contributed by atoms with Crippen molar-refractivity contribution in [1.29, 1.82) is 0 Å². The lowest BCUT2D eigenvalue weighted by atomic mass is 9.44. The standard InChI is InChI=1S/C23H38O3/c1-14(24)19-7-8-20-18-6-5-16-13-17(26-15(2)25)9-11-22(16,3)21(18)10-12-23(19,20)4/h14,16-21,24H,5-13H2,1-4H3/t14-,16-,17+,18+,19-,20-,21+,22-,23+/m0/s1.